The molecule has 7 aromatic carbocycles. The average Bonchev–Trinajstić information content (AvgIpc) is 3.44. The van der Waals surface area contributed by atoms with Crippen molar-refractivity contribution >= 4 is 110 Å². The second-order valence-electron chi connectivity index (χ2n) is 11.2. The molecule has 8 aromatic rings. The highest BCUT2D eigenvalue weighted by molar-refractivity contribution is 6.69. The number of hydrogen-bond donors (Lipinski definition) is 0. The van der Waals surface area contributed by atoms with Gasteiger partial charge in [0.1, 0.15) is 50.4 Å². The van der Waals surface area contributed by atoms with Crippen molar-refractivity contribution in [2.45, 2.75) is 0 Å². The van der Waals surface area contributed by atoms with Crippen molar-refractivity contribution in [2.75, 3.05) is 0 Å². The molecule has 0 saturated heterocycles. The highest BCUT2D eigenvalue weighted by atomic mass is 16.3. The lowest BCUT2D eigenvalue weighted by Gasteiger charge is -2.25. The molecule has 192 valence electrons. The summed E-state index contributed by atoms with van der Waals surface area (Å²) < 4.78 is 6.35. The number of furan rings is 1. The molecule has 0 N–H and O–H groups in total. The van der Waals surface area contributed by atoms with Gasteiger partial charge in [0.2, 0.25) is 0 Å². The van der Waals surface area contributed by atoms with Crippen LogP contribution in [0.4, 0.5) is 0 Å². The molecule has 6 heteroatoms. The molecular weight excluding hydrogens is 526 g/mol. The predicted octanol–water partition coefficient (Wildman–Crippen LogP) is 4.86. The quantitative estimate of drug-likeness (QED) is 0.228. The first kappa shape index (κ1) is 26.8. The van der Waals surface area contributed by atoms with Gasteiger partial charge in [-0.1, -0.05) is 102 Å². The fraction of sp³-hybridized carbons (Fsp3) is 0. The van der Waals surface area contributed by atoms with Gasteiger partial charge in [-0.25, -0.2) is 0 Å². The van der Waals surface area contributed by atoms with Gasteiger partial charge in [-0.3, -0.25) is 0 Å². The lowest BCUT2D eigenvalue weighted by atomic mass is 9.59. The molecule has 1 nitrogen and oxygen atoms in total. The van der Waals surface area contributed by atoms with Crippen molar-refractivity contribution in [2.24, 2.45) is 0 Å². The van der Waals surface area contributed by atoms with E-state index in [-0.39, 0.29) is 16.4 Å². The zero-order chi connectivity index (χ0) is 30.1. The van der Waals surface area contributed by atoms with E-state index in [9.17, 15) is 0 Å². The third kappa shape index (κ3) is 3.94. The zero-order valence-electron chi connectivity index (χ0n) is 23.8. The van der Waals surface area contributed by atoms with Crippen LogP contribution < -0.4 is 27.3 Å². The Bertz CT molecular complexity index is 2360. The van der Waals surface area contributed by atoms with Crippen LogP contribution in [-0.2, 0) is 0 Å². The minimum absolute atomic E-state index is 0.200. The Balaban J connectivity index is 1.42. The van der Waals surface area contributed by atoms with E-state index in [0.717, 1.165) is 71.3 Å². The molecule has 0 saturated carbocycles. The molecule has 0 atom stereocenters. The smallest absolute Gasteiger partial charge is 0.136 e. The Kier molecular flexibility index (Phi) is 6.17. The first-order valence-electron chi connectivity index (χ1n) is 14.4. The lowest BCUT2D eigenvalue weighted by molar-refractivity contribution is 0.669. The van der Waals surface area contributed by atoms with E-state index in [4.69, 9.17) is 43.6 Å². The minimum atomic E-state index is 0.200. The predicted molar refractivity (Wildman–Crippen MR) is 192 cm³/mol. The monoisotopic (exact) mass is 546 g/mol. The maximum absolute atomic E-state index is 6.62. The normalized spacial score (nSPS) is 11.6. The van der Waals surface area contributed by atoms with Gasteiger partial charge in [0, 0.05) is 10.8 Å². The highest BCUT2D eigenvalue weighted by Gasteiger charge is 2.21. The van der Waals surface area contributed by atoms with E-state index >= 15 is 0 Å². The minimum Gasteiger partial charge on any atom is -0.456 e. The molecule has 0 unspecified atom stereocenters. The van der Waals surface area contributed by atoms with Crippen LogP contribution in [0.2, 0.25) is 0 Å². The summed E-state index contributed by atoms with van der Waals surface area (Å²) in [5, 5.41) is 6.18. The van der Waals surface area contributed by atoms with E-state index < -0.39 is 0 Å². The number of fused-ring (bicyclic) bond motifs is 5. The van der Waals surface area contributed by atoms with Gasteiger partial charge < -0.3 is 4.42 Å². The van der Waals surface area contributed by atoms with Gasteiger partial charge in [-0.15, -0.1) is 16.4 Å². The summed E-state index contributed by atoms with van der Waals surface area (Å²) >= 11 is 0. The van der Waals surface area contributed by atoms with E-state index in [0.29, 0.717) is 16.5 Å². The largest absolute Gasteiger partial charge is 0.456 e. The van der Waals surface area contributed by atoms with Gasteiger partial charge in [0.15, 0.2) is 0 Å². The molecule has 0 aliphatic carbocycles. The summed E-state index contributed by atoms with van der Waals surface area (Å²) in [5.41, 5.74) is 8.91. The zero-order valence-corrected chi connectivity index (χ0v) is 23.8. The summed E-state index contributed by atoms with van der Waals surface area (Å²) in [5.74, 6) is 0. The molecule has 0 aliphatic rings. The molecule has 0 amide bonds. The molecule has 10 radical (unpaired) electrons. The molecule has 44 heavy (non-hydrogen) atoms. The summed E-state index contributed by atoms with van der Waals surface area (Å²) in [6, 6.07) is 39.7. The van der Waals surface area contributed by atoms with Crippen molar-refractivity contribution in [3.05, 3.63) is 115 Å². The number of hydrogen-bond acceptors (Lipinski definition) is 1. The standard InChI is InChI=1S/C38H19B5O/c39-34-33(35(40)37(42)38(43)36(34)41)32-26-12-6-4-10-24(26)31(25-11-5-7-13-27(25)32)22-15-17-29-28(18-22)23-16-14-21(19-30(23)44-29)20-8-2-1-3-9-20/h1-19H. The van der Waals surface area contributed by atoms with Gasteiger partial charge in [0.05, 0.1) is 0 Å². The van der Waals surface area contributed by atoms with Gasteiger partial charge in [-0.2, -0.15) is 0 Å². The Labute approximate surface area is 262 Å². The molecular formula is C38H19B5O. The molecule has 8 rings (SSSR count). The lowest BCUT2D eigenvalue weighted by Crippen LogP contribution is -2.55. The molecule has 1 aromatic heterocycles. The Morgan fingerprint density at radius 3 is 1.45 bits per heavy atom. The van der Waals surface area contributed by atoms with E-state index in [1.807, 2.05) is 42.5 Å². The highest BCUT2D eigenvalue weighted by Crippen LogP contribution is 2.44. The van der Waals surface area contributed by atoms with Crippen LogP contribution in [0.5, 0.6) is 0 Å². The van der Waals surface area contributed by atoms with Crippen LogP contribution in [-0.4, -0.2) is 39.2 Å². The first-order chi connectivity index (χ1) is 21.4. The van der Waals surface area contributed by atoms with E-state index in [2.05, 4.69) is 72.8 Å². The molecule has 1 heterocycles. The Morgan fingerprint density at radius 1 is 0.318 bits per heavy atom. The first-order valence-corrected chi connectivity index (χ1v) is 14.4. The van der Waals surface area contributed by atoms with Crippen molar-refractivity contribution in [3.63, 3.8) is 0 Å². The average molecular weight is 546 g/mol. The maximum Gasteiger partial charge on any atom is 0.136 e. The van der Waals surface area contributed by atoms with Crippen LogP contribution in [0.1, 0.15) is 0 Å². The topological polar surface area (TPSA) is 13.1 Å². The summed E-state index contributed by atoms with van der Waals surface area (Å²) in [4.78, 5) is 0. The van der Waals surface area contributed by atoms with Gasteiger partial charge in [0.25, 0.3) is 0 Å². The molecule has 0 fully saturated rings. The van der Waals surface area contributed by atoms with Crippen molar-refractivity contribution in [3.8, 4) is 33.4 Å². The summed E-state index contributed by atoms with van der Waals surface area (Å²) in [6.45, 7) is 0. The molecule has 0 bridgehead atoms. The third-order valence-electron chi connectivity index (χ3n) is 8.75. The molecule has 0 aliphatic heterocycles. The third-order valence-corrected chi connectivity index (χ3v) is 8.75. The maximum atomic E-state index is 6.62. The second-order valence-corrected chi connectivity index (χ2v) is 11.2. The second kappa shape index (κ2) is 10.1. The van der Waals surface area contributed by atoms with Gasteiger partial charge >= 0.3 is 0 Å². The fourth-order valence-corrected chi connectivity index (χ4v) is 6.57. The Morgan fingerprint density at radius 2 is 0.841 bits per heavy atom. The summed E-state index contributed by atoms with van der Waals surface area (Å²) in [7, 11) is 32.1. The van der Waals surface area contributed by atoms with Crippen molar-refractivity contribution < 1.29 is 4.42 Å². The number of benzene rings is 7. The Hall–Kier alpha value is -4.82. The van der Waals surface area contributed by atoms with E-state index in [1.54, 1.807) is 0 Å². The van der Waals surface area contributed by atoms with Crippen LogP contribution in [0.15, 0.2) is 120 Å². The van der Waals surface area contributed by atoms with Crippen molar-refractivity contribution in [1.82, 2.24) is 0 Å². The van der Waals surface area contributed by atoms with Crippen LogP contribution in [0.3, 0.4) is 0 Å². The van der Waals surface area contributed by atoms with Crippen LogP contribution in [0, 0.1) is 0 Å². The van der Waals surface area contributed by atoms with Crippen LogP contribution in [0.25, 0.3) is 76.9 Å². The van der Waals surface area contributed by atoms with Crippen LogP contribution >= 0.6 is 0 Å². The molecule has 0 spiro atoms. The van der Waals surface area contributed by atoms with Crippen molar-refractivity contribution in [1.29, 1.82) is 0 Å². The summed E-state index contributed by atoms with van der Waals surface area (Å²) in [6.07, 6.45) is 0. The SMILES string of the molecule is [B]c1c([B])c([B])c(-c2c3ccccc3c(-c3ccc4oc5cc(-c6ccccc6)ccc5c4c3)c3ccccc23)c([B])c1[B]. The van der Waals surface area contributed by atoms with Gasteiger partial charge in [-0.05, 0) is 79.2 Å². The van der Waals surface area contributed by atoms with E-state index in [1.165, 1.54) is 0 Å². The fourth-order valence-electron chi connectivity index (χ4n) is 6.57. The number of rotatable bonds is 3.